The van der Waals surface area contributed by atoms with Crippen LogP contribution in [0, 0.1) is 0 Å². The predicted molar refractivity (Wildman–Crippen MR) is 207 cm³/mol. The van der Waals surface area contributed by atoms with Crippen LogP contribution in [-0.4, -0.2) is 68.3 Å². The number of rotatable bonds is 12. The molecule has 0 fully saturated rings. The van der Waals surface area contributed by atoms with E-state index in [1.54, 1.807) is 17.3 Å². The molecule has 0 aliphatic carbocycles. The van der Waals surface area contributed by atoms with Crippen LogP contribution in [0.3, 0.4) is 0 Å². The first-order valence-electron chi connectivity index (χ1n) is 15.5. The van der Waals surface area contributed by atoms with Crippen molar-refractivity contribution in [1.82, 2.24) is 5.32 Å². The molecule has 4 aromatic carbocycles. The van der Waals surface area contributed by atoms with E-state index in [0.717, 1.165) is 34.0 Å². The van der Waals surface area contributed by atoms with Gasteiger partial charge in [0.2, 0.25) is 5.67 Å². The Morgan fingerprint density at radius 3 is 1.10 bits per heavy atom. The van der Waals surface area contributed by atoms with Crippen LogP contribution in [0.1, 0.15) is 27.7 Å². The minimum atomic E-state index is -1.85. The van der Waals surface area contributed by atoms with E-state index in [9.17, 15) is 13.6 Å². The van der Waals surface area contributed by atoms with Gasteiger partial charge >= 0.3 is 33.0 Å². The van der Waals surface area contributed by atoms with Crippen molar-refractivity contribution in [2.75, 3.05) is 39.1 Å². The molecule has 0 unspecified atom stereocenters. The SMILES string of the molecule is CC(C)(F)CO.COC(=O)C(C)(C)F.[CH-]=O.[Cl][RuH+2].c1ccc([PH+](CCNCC[PH+](c2ccccc2)c2ccccc2)c2ccccc2)cc1. The second-order valence-corrected chi connectivity index (χ2v) is 16.7. The van der Waals surface area contributed by atoms with Gasteiger partial charge in [-0.05, 0) is 76.2 Å². The van der Waals surface area contributed by atoms with E-state index < -0.39 is 39.8 Å². The molecule has 0 radical (unpaired) electrons. The molecule has 0 aliphatic rings. The smallest absolute Gasteiger partial charge is 0.0967 e. The molecule has 0 spiro atoms. The summed E-state index contributed by atoms with van der Waals surface area (Å²) in [6.07, 6.45) is 2.41. The second-order valence-electron chi connectivity index (χ2n) is 11.5. The second kappa shape index (κ2) is 27.3. The van der Waals surface area contributed by atoms with Crippen LogP contribution in [0.25, 0.3) is 0 Å². The molecular weight excluding hydrogens is 771 g/mol. The standard InChI is InChI=1S/C28H29NP2.C5H9FO2.C4H9FO.CHO.ClH.Ru.H/c1-5-13-25(14-6-1)30(26-15-7-2-8-16-26)23-21-29-22-24-31(27-17-9-3-10-18-27)28-19-11-4-12-20-28;1-5(2,6)4(7)8-3;1-4(2,5)3-6;1-2;;;/h1-20,29H,21-24H2;1-3H3;6H,3H2,1-2H3;1H;1H;;/q;;;-1;;+3;/p+1. The zero-order valence-electron chi connectivity index (χ0n) is 28.8. The fourth-order valence-corrected chi connectivity index (χ4v) is 9.32. The summed E-state index contributed by atoms with van der Waals surface area (Å²) in [5, 5.41) is 17.8. The monoisotopic (exact) mass is 822 g/mol. The van der Waals surface area contributed by atoms with Gasteiger partial charge in [-0.15, -0.1) is 0 Å². The van der Waals surface area contributed by atoms with E-state index in [0.29, 0.717) is 0 Å². The summed E-state index contributed by atoms with van der Waals surface area (Å²) in [6.45, 7) is 9.94. The van der Waals surface area contributed by atoms with Crippen LogP contribution in [-0.2, 0) is 31.6 Å². The minimum absolute atomic E-state index is 0.396. The Morgan fingerprint density at radius 1 is 0.694 bits per heavy atom. The number of hydrogen-bond donors (Lipinski definition) is 2. The molecule has 0 aliphatic heterocycles. The normalized spacial score (nSPS) is 10.5. The average molecular weight is 822 g/mol. The van der Waals surface area contributed by atoms with Crippen molar-refractivity contribution in [1.29, 1.82) is 0 Å². The maximum atomic E-state index is 12.3. The van der Waals surface area contributed by atoms with Crippen molar-refractivity contribution in [2.24, 2.45) is 0 Å². The molecule has 49 heavy (non-hydrogen) atoms. The number of aliphatic hydroxyl groups is 1. The van der Waals surface area contributed by atoms with Crippen LogP contribution >= 0.6 is 25.5 Å². The number of carbonyl (C=O) groups excluding carboxylic acids is 2. The number of hydrogen-bond acceptors (Lipinski definition) is 5. The predicted octanol–water partition coefficient (Wildman–Crippen LogP) is 6.09. The van der Waals surface area contributed by atoms with E-state index in [4.69, 9.17) is 9.90 Å². The van der Waals surface area contributed by atoms with Gasteiger partial charge in [-0.3, -0.25) is 6.79 Å². The van der Waals surface area contributed by atoms with Gasteiger partial charge in [-0.25, -0.2) is 13.6 Å². The third-order valence-electron chi connectivity index (χ3n) is 6.64. The molecule has 11 heteroatoms. The van der Waals surface area contributed by atoms with Gasteiger partial charge in [-0.1, -0.05) is 72.8 Å². The molecule has 2 N–H and O–H groups in total. The molecule has 268 valence electrons. The fraction of sp³-hybridized carbons (Fsp3) is 0.316. The van der Waals surface area contributed by atoms with Gasteiger partial charge in [0.05, 0.1) is 63.1 Å². The number of methoxy groups -OCH3 is 1. The Bertz CT molecular complexity index is 1200. The quantitative estimate of drug-likeness (QED) is 0.0453. The van der Waals surface area contributed by atoms with Crippen molar-refractivity contribution in [3.8, 4) is 0 Å². The first-order valence-corrected chi connectivity index (χ1v) is 21.4. The van der Waals surface area contributed by atoms with E-state index in [2.05, 4.69) is 148 Å². The van der Waals surface area contributed by atoms with Crippen LogP contribution in [0.15, 0.2) is 121 Å². The molecule has 0 amide bonds. The van der Waals surface area contributed by atoms with Gasteiger partial charge < -0.3 is 20.0 Å². The van der Waals surface area contributed by atoms with E-state index in [1.807, 2.05) is 0 Å². The largest absolute Gasteiger partial charge is 0.310 e. The molecule has 0 atom stereocenters. The molecule has 0 aromatic heterocycles. The van der Waals surface area contributed by atoms with Crippen LogP contribution in [0.2, 0.25) is 0 Å². The van der Waals surface area contributed by atoms with E-state index in [1.165, 1.54) is 47.4 Å². The number of halogens is 3. The van der Waals surface area contributed by atoms with E-state index in [-0.39, 0.29) is 0 Å². The van der Waals surface area contributed by atoms with Gasteiger partial charge in [0.15, 0.2) is 0 Å². The number of nitrogens with one attached hydrogen (secondary N) is 1. The van der Waals surface area contributed by atoms with Crippen LogP contribution in [0.5, 0.6) is 0 Å². The van der Waals surface area contributed by atoms with Crippen LogP contribution in [0.4, 0.5) is 8.78 Å². The zero-order valence-corrected chi connectivity index (χ0v) is 33.5. The fourth-order valence-electron chi connectivity index (χ4n) is 4.26. The number of carbonyl (C=O) groups is 1. The Labute approximate surface area is 308 Å². The maximum absolute atomic E-state index is 12.3. The van der Waals surface area contributed by atoms with Crippen molar-refractivity contribution < 1.29 is 45.5 Å². The van der Waals surface area contributed by atoms with Crippen molar-refractivity contribution in [3.63, 3.8) is 0 Å². The molecule has 0 saturated heterocycles. The molecule has 0 heterocycles. The van der Waals surface area contributed by atoms with Crippen molar-refractivity contribution in [3.05, 3.63) is 121 Å². The number of esters is 1. The molecule has 5 nitrogen and oxygen atoms in total. The Kier molecular flexibility index (Phi) is 26.0. The average Bonchev–Trinajstić information content (AvgIpc) is 3.14. The summed E-state index contributed by atoms with van der Waals surface area (Å²) in [6, 6.07) is 44.2. The number of alkyl halides is 2. The van der Waals surface area contributed by atoms with E-state index >= 15 is 0 Å². The zero-order chi connectivity index (χ0) is 37.1. The summed E-state index contributed by atoms with van der Waals surface area (Å²) >= 11 is 1.62. The van der Waals surface area contributed by atoms with Gasteiger partial charge in [-0.2, -0.15) is 0 Å². The summed E-state index contributed by atoms with van der Waals surface area (Å²) in [4.78, 5) is 18.0. The minimum Gasteiger partial charge on any atom is -0.310 e. The molecule has 4 rings (SSSR count). The molecule has 0 bridgehead atoms. The third-order valence-corrected chi connectivity index (χ3v) is 12.3. The van der Waals surface area contributed by atoms with Gasteiger partial charge in [0.1, 0.15) is 5.67 Å². The molecule has 0 saturated carbocycles. The number of aliphatic hydroxyl groups excluding tert-OH is 1. The third kappa shape index (κ3) is 20.8. The first-order chi connectivity index (χ1) is 23.5. The van der Waals surface area contributed by atoms with Crippen LogP contribution < -0.4 is 26.5 Å². The molecule has 4 aromatic rings. The Morgan fingerprint density at radius 2 is 0.939 bits per heavy atom. The molecular formula is C38H51ClF2NO4P2Ru+3. The topological polar surface area (TPSA) is 75.6 Å². The van der Waals surface area contributed by atoms with Gasteiger partial charge in [0.25, 0.3) is 0 Å². The number of benzene rings is 4. The summed E-state index contributed by atoms with van der Waals surface area (Å²) < 4.78 is 28.3. The van der Waals surface area contributed by atoms with Crippen molar-refractivity contribution >= 4 is 59.5 Å². The number of ether oxygens (including phenoxy) is 1. The summed E-state index contributed by atoms with van der Waals surface area (Å²) in [5.74, 6) is -0.836. The maximum Gasteiger partial charge on any atom is 0.0967 e. The Balaban J connectivity index is 0.00000106. The summed E-state index contributed by atoms with van der Waals surface area (Å²) in [7, 11) is 4.25. The Hall–Kier alpha value is -2.43. The van der Waals surface area contributed by atoms with Crippen molar-refractivity contribution in [2.45, 2.75) is 39.0 Å². The summed E-state index contributed by atoms with van der Waals surface area (Å²) in [5.41, 5.74) is -3.26. The first kappa shape index (κ1) is 46.6. The van der Waals surface area contributed by atoms with Gasteiger partial charge in [0, 0.05) is 13.1 Å².